The quantitative estimate of drug-likeness (QED) is 0.152. The van der Waals surface area contributed by atoms with E-state index in [0.717, 1.165) is 6.42 Å². The van der Waals surface area contributed by atoms with Crippen LogP contribution in [0.4, 0.5) is 0 Å². The van der Waals surface area contributed by atoms with Crippen LogP contribution in [-0.4, -0.2) is 3.21 Å². The van der Waals surface area contributed by atoms with Gasteiger partial charge in [-0.3, -0.25) is 6.08 Å². The molecule has 0 aliphatic heterocycles. The summed E-state index contributed by atoms with van der Waals surface area (Å²) in [5, 5.41) is 10.8. The monoisotopic (exact) mass is 880 g/mol. The third kappa shape index (κ3) is 10.8. The van der Waals surface area contributed by atoms with Gasteiger partial charge in [0, 0.05) is 0 Å². The number of hydrogen-bond acceptors (Lipinski definition) is 0. The summed E-state index contributed by atoms with van der Waals surface area (Å²) in [4.78, 5) is 0. The van der Waals surface area contributed by atoms with E-state index in [9.17, 15) is 0 Å². The number of benzene rings is 6. The Morgan fingerprint density at radius 1 is 0.483 bits per heavy atom. The van der Waals surface area contributed by atoms with E-state index >= 15 is 0 Å². The minimum absolute atomic E-state index is 0. The number of halogens is 2. The van der Waals surface area contributed by atoms with E-state index in [1.165, 1.54) is 104 Å². The van der Waals surface area contributed by atoms with Crippen molar-refractivity contribution >= 4 is 46.3 Å². The normalized spacial score (nSPS) is 12.8. The van der Waals surface area contributed by atoms with Gasteiger partial charge in [0.2, 0.25) is 0 Å². The van der Waals surface area contributed by atoms with Gasteiger partial charge < -0.3 is 24.8 Å². The van der Waals surface area contributed by atoms with Gasteiger partial charge in [-0.25, -0.2) is 12.2 Å². The summed E-state index contributed by atoms with van der Waals surface area (Å²) < 4.78 is 1.41. The molecule has 0 fully saturated rings. The Balaban J connectivity index is 0.000000227. The van der Waals surface area contributed by atoms with Crippen molar-refractivity contribution < 1.29 is 49.0 Å². The van der Waals surface area contributed by atoms with Crippen molar-refractivity contribution in [1.29, 1.82) is 0 Å². The van der Waals surface area contributed by atoms with Crippen LogP contribution in [0.15, 0.2) is 133 Å². The molecule has 0 spiro atoms. The predicted octanol–water partition coefficient (Wildman–Crippen LogP) is 9.32. The third-order valence-electron chi connectivity index (χ3n) is 10.9. The van der Waals surface area contributed by atoms with E-state index in [4.69, 9.17) is 0 Å². The van der Waals surface area contributed by atoms with E-state index in [0.29, 0.717) is 0 Å². The van der Waals surface area contributed by atoms with Gasteiger partial charge in [-0.15, -0.1) is 46.2 Å². The molecule has 3 heteroatoms. The zero-order valence-electron chi connectivity index (χ0n) is 36.7. The molecule has 0 bridgehead atoms. The molecule has 0 nitrogen and oxygen atoms in total. The Labute approximate surface area is 376 Å². The predicted molar refractivity (Wildman–Crippen MR) is 245 cm³/mol. The van der Waals surface area contributed by atoms with Crippen LogP contribution in [0.3, 0.4) is 0 Å². The second-order valence-corrected chi connectivity index (χ2v) is 20.8. The molecule has 1 aliphatic carbocycles. The van der Waals surface area contributed by atoms with Crippen LogP contribution in [0.5, 0.6) is 0 Å². The van der Waals surface area contributed by atoms with Gasteiger partial charge in [-0.05, 0) is 21.7 Å². The maximum atomic E-state index is 2.99. The number of rotatable bonds is 2. The fourth-order valence-electron chi connectivity index (χ4n) is 7.78. The van der Waals surface area contributed by atoms with Gasteiger partial charge in [0.05, 0.1) is 0 Å². The van der Waals surface area contributed by atoms with Crippen LogP contribution in [0.2, 0.25) is 0 Å². The van der Waals surface area contributed by atoms with Gasteiger partial charge in [0.1, 0.15) is 0 Å². The maximum absolute atomic E-state index is 2.99. The molecule has 8 rings (SSSR count). The van der Waals surface area contributed by atoms with Crippen LogP contribution in [-0.2, 0) is 45.9 Å². The first kappa shape index (κ1) is 47.2. The zero-order chi connectivity index (χ0) is 40.6. The van der Waals surface area contributed by atoms with Crippen molar-refractivity contribution in [3.05, 3.63) is 173 Å². The molecule has 7 aromatic carbocycles. The van der Waals surface area contributed by atoms with Crippen molar-refractivity contribution in [3.8, 4) is 0 Å². The van der Waals surface area contributed by atoms with Gasteiger partial charge in [-0.1, -0.05) is 117 Å². The first-order valence-electron chi connectivity index (χ1n) is 20.2. The van der Waals surface area contributed by atoms with Crippen molar-refractivity contribution in [2.24, 2.45) is 0 Å². The fourth-order valence-corrected chi connectivity index (χ4v) is 8.55. The molecule has 0 amide bonds. The molecular weight excluding hydrogens is 823 g/mol. The van der Waals surface area contributed by atoms with E-state index in [1.807, 2.05) is 12.2 Å². The molecular formula is C55H60Cl2Zr-2. The molecule has 0 N–H and O–H groups in total. The topological polar surface area (TPSA) is 0 Å². The zero-order valence-corrected chi connectivity index (χ0v) is 40.6. The average Bonchev–Trinajstić information content (AvgIpc) is 3.84. The van der Waals surface area contributed by atoms with Crippen molar-refractivity contribution in [2.45, 2.75) is 111 Å². The molecule has 0 unspecified atom stereocenters. The van der Waals surface area contributed by atoms with Crippen LogP contribution >= 0.6 is 0 Å². The molecule has 1 aliphatic rings. The van der Waals surface area contributed by atoms with E-state index in [1.54, 1.807) is 0 Å². The van der Waals surface area contributed by atoms with E-state index < -0.39 is 0 Å². The minimum atomic E-state index is 0. The summed E-state index contributed by atoms with van der Waals surface area (Å²) in [5.74, 6) is 0. The van der Waals surface area contributed by atoms with Crippen molar-refractivity contribution in [2.75, 3.05) is 0 Å². The van der Waals surface area contributed by atoms with Crippen LogP contribution < -0.4 is 24.8 Å². The Morgan fingerprint density at radius 3 is 1.16 bits per heavy atom. The molecule has 0 saturated carbocycles. The molecule has 300 valence electrons. The molecule has 0 heterocycles. The SMILES string of the molecule is CC(C)(C)c1cc2[cH-]c3cc(C(C)(C)C)c(C(C)(C)C)cc3c2cc1C(C)(C)C.[C-]1=CC=CC1.[Cl-].[Cl-].[Zr+2]=[C](c1ccc2ccccc2c1)c1ccc2ccccc2c1. The Hall–Kier alpha value is -3.48. The van der Waals surface area contributed by atoms with Crippen LogP contribution in [0.1, 0.15) is 123 Å². The summed E-state index contributed by atoms with van der Waals surface area (Å²) >= 11 is 1.44. The number of allylic oxidation sites excluding steroid dienone is 4. The standard InChI is InChI=1S/C29H41.C21H14.C5H5.2ClH.Zr/c1-26(2,3)22-14-18-13-19-15-23(27(4,5)6)25(29(10,11)12)17-21(19)20(18)16-24(22)28(7,8)9;1-3-7-20-14-16(9-11-18(20)5-1)13-17-10-12-19-6-2-4-8-21(19)15-17;1-2-4-5-3-1;;;/h13-17H,1-12H3;1-12,14-15H;1-3H,4H2;2*1H;/q-1;;-1;;;+2/p-2. The summed E-state index contributed by atoms with van der Waals surface area (Å²) in [5.41, 5.74) is 9.06. The average molecular weight is 883 g/mol. The van der Waals surface area contributed by atoms with E-state index in [-0.39, 0.29) is 46.5 Å². The first-order chi connectivity index (χ1) is 26.2. The molecule has 0 saturated heterocycles. The molecule has 0 atom stereocenters. The van der Waals surface area contributed by atoms with Crippen molar-refractivity contribution in [1.82, 2.24) is 0 Å². The molecule has 7 aromatic rings. The summed E-state index contributed by atoms with van der Waals surface area (Å²) in [6.07, 6.45) is 10.0. The number of hydrogen-bond donors (Lipinski definition) is 0. The fraction of sp³-hybridized carbons (Fsp3) is 0.309. The third-order valence-corrected chi connectivity index (χ3v) is 12.3. The Morgan fingerprint density at radius 2 is 0.845 bits per heavy atom. The number of fused-ring (bicyclic) bond motifs is 5. The first-order valence-corrected chi connectivity index (χ1v) is 21.5. The summed E-state index contributed by atoms with van der Waals surface area (Å²) in [6.45, 7) is 28.0. The van der Waals surface area contributed by atoms with Crippen molar-refractivity contribution in [3.63, 3.8) is 0 Å². The van der Waals surface area contributed by atoms with E-state index in [2.05, 4.69) is 210 Å². The summed E-state index contributed by atoms with van der Waals surface area (Å²) in [7, 11) is 0. The van der Waals surface area contributed by atoms with Gasteiger partial charge in [0.15, 0.2) is 0 Å². The van der Waals surface area contributed by atoms with Crippen LogP contribution in [0.25, 0.3) is 43.1 Å². The Bertz CT molecular complexity index is 2430. The van der Waals surface area contributed by atoms with Crippen LogP contribution in [0, 0.1) is 6.08 Å². The second-order valence-electron chi connectivity index (χ2n) is 19.6. The van der Waals surface area contributed by atoms with Gasteiger partial charge in [0.25, 0.3) is 0 Å². The molecule has 58 heavy (non-hydrogen) atoms. The Kier molecular flexibility index (Phi) is 15.0. The molecule has 0 aromatic heterocycles. The van der Waals surface area contributed by atoms with Gasteiger partial charge in [-0.2, -0.15) is 6.08 Å². The van der Waals surface area contributed by atoms with Gasteiger partial charge >= 0.3 is 145 Å². The molecule has 0 radical (unpaired) electrons. The summed E-state index contributed by atoms with van der Waals surface area (Å²) in [6, 6.07) is 42.9. The second kappa shape index (κ2) is 18.4.